The fourth-order valence-corrected chi connectivity index (χ4v) is 3.18. The van der Waals surface area contributed by atoms with Crippen molar-refractivity contribution < 1.29 is 27.4 Å². The first-order valence-corrected chi connectivity index (χ1v) is 8.86. The third-order valence-electron chi connectivity index (χ3n) is 3.36. The van der Waals surface area contributed by atoms with Gasteiger partial charge in [-0.2, -0.15) is 4.72 Å². The highest BCUT2D eigenvalue weighted by Crippen LogP contribution is 2.16. The molecular formula is C15H24N2O6S. The number of methoxy groups -OCH3 is 3. The second-order valence-electron chi connectivity index (χ2n) is 4.90. The van der Waals surface area contributed by atoms with E-state index in [1.165, 1.54) is 45.6 Å². The molecule has 0 spiro atoms. The molecule has 1 amide bonds. The Balaban J connectivity index is 2.76. The molecule has 1 unspecified atom stereocenters. The largest absolute Gasteiger partial charge is 0.497 e. The highest BCUT2D eigenvalue weighted by atomic mass is 32.2. The average molecular weight is 360 g/mol. The van der Waals surface area contributed by atoms with Gasteiger partial charge in [0.15, 0.2) is 6.29 Å². The number of benzene rings is 1. The van der Waals surface area contributed by atoms with Crippen LogP contribution in [0.25, 0.3) is 0 Å². The number of ether oxygens (including phenoxy) is 3. The van der Waals surface area contributed by atoms with Gasteiger partial charge >= 0.3 is 0 Å². The molecule has 1 aromatic rings. The van der Waals surface area contributed by atoms with Gasteiger partial charge in [0.1, 0.15) is 11.8 Å². The summed E-state index contributed by atoms with van der Waals surface area (Å²) in [4.78, 5) is 12.2. The zero-order valence-corrected chi connectivity index (χ0v) is 15.1. The van der Waals surface area contributed by atoms with E-state index in [0.29, 0.717) is 12.2 Å². The van der Waals surface area contributed by atoms with Crippen LogP contribution in [0.15, 0.2) is 29.2 Å². The SMILES string of the molecule is CCC(NS(=O)(=O)c1ccc(OC)cc1)C(=O)NCC(OC)OC. The van der Waals surface area contributed by atoms with Crippen LogP contribution in [0.4, 0.5) is 0 Å². The summed E-state index contributed by atoms with van der Waals surface area (Å²) < 4.78 is 42.1. The third kappa shape index (κ3) is 5.75. The lowest BCUT2D eigenvalue weighted by Crippen LogP contribution is -2.48. The topological polar surface area (TPSA) is 103 Å². The fourth-order valence-electron chi connectivity index (χ4n) is 1.90. The number of hydrogen-bond donors (Lipinski definition) is 2. The first kappa shape index (κ1) is 20.4. The zero-order chi connectivity index (χ0) is 18.2. The number of amides is 1. The Kier molecular flexibility index (Phi) is 8.13. The molecule has 0 heterocycles. The molecule has 24 heavy (non-hydrogen) atoms. The first-order valence-electron chi connectivity index (χ1n) is 7.37. The summed E-state index contributed by atoms with van der Waals surface area (Å²) in [6, 6.07) is 5.01. The normalized spacial score (nSPS) is 12.9. The van der Waals surface area contributed by atoms with E-state index >= 15 is 0 Å². The van der Waals surface area contributed by atoms with Crippen LogP contribution in [0.5, 0.6) is 5.75 Å². The number of sulfonamides is 1. The van der Waals surface area contributed by atoms with Crippen molar-refractivity contribution in [2.24, 2.45) is 0 Å². The van der Waals surface area contributed by atoms with E-state index < -0.39 is 28.3 Å². The van der Waals surface area contributed by atoms with Gasteiger partial charge in [-0.05, 0) is 30.7 Å². The molecule has 0 aliphatic carbocycles. The summed E-state index contributed by atoms with van der Waals surface area (Å²) in [6.45, 7) is 1.83. The molecule has 0 fully saturated rings. The summed E-state index contributed by atoms with van der Waals surface area (Å²) in [5.41, 5.74) is 0. The van der Waals surface area contributed by atoms with Crippen molar-refractivity contribution in [2.45, 2.75) is 30.6 Å². The van der Waals surface area contributed by atoms with E-state index in [1.54, 1.807) is 6.92 Å². The molecule has 9 heteroatoms. The first-order chi connectivity index (χ1) is 11.4. The molecule has 0 saturated carbocycles. The molecule has 1 rings (SSSR count). The fraction of sp³-hybridized carbons (Fsp3) is 0.533. The highest BCUT2D eigenvalue weighted by Gasteiger charge is 2.24. The minimum Gasteiger partial charge on any atom is -0.497 e. The van der Waals surface area contributed by atoms with Crippen LogP contribution in [-0.2, 0) is 24.3 Å². The van der Waals surface area contributed by atoms with Gasteiger partial charge < -0.3 is 19.5 Å². The van der Waals surface area contributed by atoms with Crippen molar-refractivity contribution in [1.82, 2.24) is 10.0 Å². The number of carbonyl (C=O) groups excluding carboxylic acids is 1. The minimum atomic E-state index is -3.82. The molecule has 0 aromatic heterocycles. The summed E-state index contributed by atoms with van der Waals surface area (Å²) >= 11 is 0. The van der Waals surface area contributed by atoms with Gasteiger partial charge in [-0.15, -0.1) is 0 Å². The quantitative estimate of drug-likeness (QED) is 0.589. The molecule has 0 aliphatic rings. The molecule has 0 bridgehead atoms. The van der Waals surface area contributed by atoms with E-state index in [1.807, 2.05) is 0 Å². The van der Waals surface area contributed by atoms with Gasteiger partial charge in [0, 0.05) is 14.2 Å². The molecule has 0 aliphatic heterocycles. The summed E-state index contributed by atoms with van der Waals surface area (Å²) in [6.07, 6.45) is -0.295. The lowest BCUT2D eigenvalue weighted by Gasteiger charge is -2.19. The molecule has 2 N–H and O–H groups in total. The zero-order valence-electron chi connectivity index (χ0n) is 14.2. The number of rotatable bonds is 10. The Hall–Kier alpha value is -1.68. The van der Waals surface area contributed by atoms with Crippen molar-refractivity contribution in [2.75, 3.05) is 27.9 Å². The van der Waals surface area contributed by atoms with E-state index in [-0.39, 0.29) is 11.4 Å². The monoisotopic (exact) mass is 360 g/mol. The lowest BCUT2D eigenvalue weighted by molar-refractivity contribution is -0.128. The van der Waals surface area contributed by atoms with Crippen molar-refractivity contribution >= 4 is 15.9 Å². The van der Waals surface area contributed by atoms with E-state index in [2.05, 4.69) is 10.0 Å². The average Bonchev–Trinajstić information content (AvgIpc) is 2.60. The molecule has 0 saturated heterocycles. The Bertz CT molecular complexity index is 613. The maximum absolute atomic E-state index is 12.4. The van der Waals surface area contributed by atoms with E-state index in [9.17, 15) is 13.2 Å². The standard InChI is InChI=1S/C15H24N2O6S/c1-5-13(15(18)16-10-14(22-3)23-4)17-24(19,20)12-8-6-11(21-2)7-9-12/h6-9,13-14,17H,5,10H2,1-4H3,(H,16,18). The van der Waals surface area contributed by atoms with Gasteiger partial charge in [-0.3, -0.25) is 4.79 Å². The molecular weight excluding hydrogens is 336 g/mol. The Labute approximate surface area is 142 Å². The Morgan fingerprint density at radius 1 is 1.12 bits per heavy atom. The predicted molar refractivity (Wildman–Crippen MR) is 88.2 cm³/mol. The second-order valence-corrected chi connectivity index (χ2v) is 6.62. The van der Waals surface area contributed by atoms with Crippen LogP contribution in [0.2, 0.25) is 0 Å². The van der Waals surface area contributed by atoms with Gasteiger partial charge in [0.05, 0.1) is 18.6 Å². The molecule has 8 nitrogen and oxygen atoms in total. The number of carbonyl (C=O) groups is 1. The molecule has 1 aromatic carbocycles. The van der Waals surface area contributed by atoms with E-state index in [0.717, 1.165) is 0 Å². The third-order valence-corrected chi connectivity index (χ3v) is 4.85. The summed E-state index contributed by atoms with van der Waals surface area (Å²) in [7, 11) is 0.569. The number of nitrogens with one attached hydrogen (secondary N) is 2. The Morgan fingerprint density at radius 3 is 2.17 bits per heavy atom. The predicted octanol–water partition coefficient (Wildman–Crippen LogP) is 0.487. The second kappa shape index (κ2) is 9.58. The molecule has 136 valence electrons. The molecule has 0 radical (unpaired) electrons. The summed E-state index contributed by atoms with van der Waals surface area (Å²) in [5.74, 6) is 0.0950. The lowest BCUT2D eigenvalue weighted by atomic mass is 10.2. The van der Waals surface area contributed by atoms with Crippen LogP contribution in [0.1, 0.15) is 13.3 Å². The van der Waals surface area contributed by atoms with Crippen LogP contribution in [0, 0.1) is 0 Å². The van der Waals surface area contributed by atoms with Crippen molar-refractivity contribution in [3.63, 3.8) is 0 Å². The van der Waals surface area contributed by atoms with E-state index in [4.69, 9.17) is 14.2 Å². The van der Waals surface area contributed by atoms with Crippen LogP contribution in [-0.4, -0.2) is 54.5 Å². The van der Waals surface area contributed by atoms with Crippen molar-refractivity contribution in [3.05, 3.63) is 24.3 Å². The van der Waals surface area contributed by atoms with Crippen LogP contribution >= 0.6 is 0 Å². The highest BCUT2D eigenvalue weighted by molar-refractivity contribution is 7.89. The van der Waals surface area contributed by atoms with Gasteiger partial charge in [0.25, 0.3) is 0 Å². The maximum Gasteiger partial charge on any atom is 0.241 e. The maximum atomic E-state index is 12.4. The van der Waals surface area contributed by atoms with Crippen molar-refractivity contribution in [3.8, 4) is 5.75 Å². The number of hydrogen-bond acceptors (Lipinski definition) is 6. The van der Waals surface area contributed by atoms with Crippen LogP contribution < -0.4 is 14.8 Å². The van der Waals surface area contributed by atoms with Gasteiger partial charge in [-0.25, -0.2) is 8.42 Å². The van der Waals surface area contributed by atoms with Gasteiger partial charge in [-0.1, -0.05) is 6.92 Å². The van der Waals surface area contributed by atoms with Crippen molar-refractivity contribution in [1.29, 1.82) is 0 Å². The molecule has 1 atom stereocenters. The summed E-state index contributed by atoms with van der Waals surface area (Å²) in [5, 5.41) is 2.59. The Morgan fingerprint density at radius 2 is 1.71 bits per heavy atom. The van der Waals surface area contributed by atoms with Crippen LogP contribution in [0.3, 0.4) is 0 Å². The smallest absolute Gasteiger partial charge is 0.241 e. The minimum absolute atomic E-state index is 0.0567. The van der Waals surface area contributed by atoms with Gasteiger partial charge in [0.2, 0.25) is 15.9 Å².